The maximum Gasteiger partial charge on any atom is 0.222 e. The molecule has 4 aromatic heterocycles. The van der Waals surface area contributed by atoms with Crippen LogP contribution in [-0.2, 0) is 4.79 Å². The molecule has 43 heavy (non-hydrogen) atoms. The standard InChI is InChI=1S/C19H16ClN7O.C7H7F.C2H2O.C2H6.CH4O/c1-11(28)24-19-17(12-5-7-22-8-6-12)27-16(25-19)4-3-14(26-27)13-9-15(21-2)18(20)23-10-13;1-6-2-4-7(8)5-3-6;1-2-3;2*1-2/h3-10,21H,1-2H3,(H,24,28);2-5H,1H3;1,3H;1-2H3;2H,1H3. The largest absolute Gasteiger partial charge is 0.462 e. The monoisotopic (exact) mass is 607 g/mol. The molecule has 0 saturated heterocycles. The molecule has 0 atom stereocenters. The van der Waals surface area contributed by atoms with E-state index in [2.05, 4.69) is 32.0 Å². The minimum atomic E-state index is -0.209. The predicted molar refractivity (Wildman–Crippen MR) is 170 cm³/mol. The molecule has 0 bridgehead atoms. The second kappa shape index (κ2) is 19.1. The molecule has 1 amide bonds. The molecule has 5 rings (SSSR count). The zero-order chi connectivity index (χ0) is 32.4. The number of aryl methyl sites for hydroxylation is 1. The topological polar surface area (TPSA) is 138 Å². The average molecular weight is 608 g/mol. The van der Waals surface area contributed by atoms with Gasteiger partial charge in [0.05, 0.1) is 11.4 Å². The fourth-order valence-electron chi connectivity index (χ4n) is 3.41. The molecule has 4 N–H and O–H groups in total. The van der Waals surface area contributed by atoms with E-state index in [0.717, 1.165) is 23.8 Å². The van der Waals surface area contributed by atoms with Crippen molar-refractivity contribution in [3.05, 3.63) is 89.7 Å². The minimum absolute atomic E-state index is 0.171. The summed E-state index contributed by atoms with van der Waals surface area (Å²) in [5, 5.41) is 25.0. The number of amides is 1. The van der Waals surface area contributed by atoms with Crippen LogP contribution in [0.2, 0.25) is 5.15 Å². The Morgan fingerprint density at radius 1 is 1.05 bits per heavy atom. The van der Waals surface area contributed by atoms with Gasteiger partial charge in [0.1, 0.15) is 17.6 Å². The number of imidazole rings is 1. The summed E-state index contributed by atoms with van der Waals surface area (Å²) in [6, 6.07) is 15.6. The van der Waals surface area contributed by atoms with Crippen LogP contribution in [0, 0.1) is 25.3 Å². The normalized spacial score (nSPS) is 9.21. The summed E-state index contributed by atoms with van der Waals surface area (Å²) in [7, 11) is 2.78. The van der Waals surface area contributed by atoms with E-state index in [4.69, 9.17) is 26.9 Å². The van der Waals surface area contributed by atoms with Crippen molar-refractivity contribution in [1.29, 1.82) is 0 Å². The maximum atomic E-state index is 12.1. The SMILES string of the molecule is C#CO.CC.CNc1cc(-c2ccc3nc(NC(C)=O)c(-c4ccncc4)n3n2)cnc1Cl.CO.Cc1ccc(F)cc1. The van der Waals surface area contributed by atoms with Crippen molar-refractivity contribution in [3.63, 3.8) is 0 Å². The quantitative estimate of drug-likeness (QED) is 0.139. The Morgan fingerprint density at radius 3 is 2.19 bits per heavy atom. The van der Waals surface area contributed by atoms with Crippen LogP contribution in [-0.4, -0.2) is 54.8 Å². The number of rotatable bonds is 4. The van der Waals surface area contributed by atoms with E-state index in [1.54, 1.807) is 42.3 Å². The number of aromatic nitrogens is 5. The van der Waals surface area contributed by atoms with E-state index in [-0.39, 0.29) is 11.7 Å². The molecule has 1 aromatic carbocycles. The Balaban J connectivity index is 0.000000515. The summed E-state index contributed by atoms with van der Waals surface area (Å²) in [4.78, 5) is 24.4. The Hall–Kier alpha value is -5.05. The minimum Gasteiger partial charge on any atom is -0.462 e. The van der Waals surface area contributed by atoms with Crippen LogP contribution in [0.15, 0.2) is 73.2 Å². The number of anilines is 2. The number of nitrogens with one attached hydrogen (secondary N) is 2. The zero-order valence-electron chi connectivity index (χ0n) is 24.8. The lowest BCUT2D eigenvalue weighted by molar-refractivity contribution is -0.114. The first-order valence-electron chi connectivity index (χ1n) is 12.9. The van der Waals surface area contributed by atoms with Crippen LogP contribution in [0.5, 0.6) is 0 Å². The van der Waals surface area contributed by atoms with Gasteiger partial charge in [0, 0.05) is 50.8 Å². The van der Waals surface area contributed by atoms with Crippen molar-refractivity contribution in [2.75, 3.05) is 24.8 Å². The third kappa shape index (κ3) is 10.7. The fourth-order valence-corrected chi connectivity index (χ4v) is 3.60. The van der Waals surface area contributed by atoms with Crippen LogP contribution < -0.4 is 10.6 Å². The summed E-state index contributed by atoms with van der Waals surface area (Å²) >= 11 is 6.08. The third-order valence-electron chi connectivity index (χ3n) is 5.14. The highest BCUT2D eigenvalue weighted by Crippen LogP contribution is 2.30. The van der Waals surface area contributed by atoms with Crippen molar-refractivity contribution in [3.8, 4) is 35.0 Å². The summed E-state index contributed by atoms with van der Waals surface area (Å²) in [6.45, 7) is 7.37. The smallest absolute Gasteiger partial charge is 0.222 e. The van der Waals surface area contributed by atoms with Gasteiger partial charge in [-0.3, -0.25) is 9.78 Å². The number of fused-ring (bicyclic) bond motifs is 1. The molecule has 226 valence electrons. The highest BCUT2D eigenvalue weighted by Gasteiger charge is 2.17. The number of halogens is 2. The van der Waals surface area contributed by atoms with Crippen LogP contribution >= 0.6 is 11.6 Å². The molecular weight excluding hydrogens is 573 g/mol. The van der Waals surface area contributed by atoms with Gasteiger partial charge < -0.3 is 20.8 Å². The first kappa shape index (κ1) is 36.0. The van der Waals surface area contributed by atoms with Gasteiger partial charge in [0.25, 0.3) is 0 Å². The van der Waals surface area contributed by atoms with Crippen LogP contribution in [0.1, 0.15) is 26.3 Å². The van der Waals surface area contributed by atoms with E-state index in [9.17, 15) is 9.18 Å². The molecule has 0 saturated carbocycles. The molecule has 0 aliphatic heterocycles. The number of benzene rings is 1. The molecule has 0 spiro atoms. The predicted octanol–water partition coefficient (Wildman–Crippen LogP) is 6.23. The van der Waals surface area contributed by atoms with Crippen LogP contribution in [0.25, 0.3) is 28.2 Å². The van der Waals surface area contributed by atoms with Gasteiger partial charge in [0.15, 0.2) is 16.6 Å². The Labute approximate surface area is 255 Å². The number of aliphatic hydroxyl groups is 2. The van der Waals surface area contributed by atoms with E-state index in [1.165, 1.54) is 25.2 Å². The lowest BCUT2D eigenvalue weighted by Gasteiger charge is -2.08. The molecule has 0 unspecified atom stereocenters. The lowest BCUT2D eigenvalue weighted by atomic mass is 10.2. The number of carbonyl (C=O) groups is 1. The molecular formula is C31H35ClFN7O3. The third-order valence-corrected chi connectivity index (χ3v) is 5.44. The van der Waals surface area contributed by atoms with Gasteiger partial charge >= 0.3 is 0 Å². The van der Waals surface area contributed by atoms with E-state index >= 15 is 0 Å². The Bertz CT molecular complexity index is 1590. The fraction of sp³-hybridized carbons (Fsp3) is 0.194. The highest BCUT2D eigenvalue weighted by molar-refractivity contribution is 6.32. The molecule has 10 nitrogen and oxygen atoms in total. The van der Waals surface area contributed by atoms with Crippen LogP contribution in [0.4, 0.5) is 15.9 Å². The van der Waals surface area contributed by atoms with E-state index < -0.39 is 0 Å². The second-order valence-corrected chi connectivity index (χ2v) is 8.31. The van der Waals surface area contributed by atoms with Crippen molar-refractivity contribution in [2.24, 2.45) is 0 Å². The van der Waals surface area contributed by atoms with Gasteiger partial charge in [-0.2, -0.15) is 5.10 Å². The maximum absolute atomic E-state index is 12.1. The first-order chi connectivity index (χ1) is 20.8. The van der Waals surface area contributed by atoms with E-state index in [1.807, 2.05) is 51.1 Å². The van der Waals surface area contributed by atoms with Crippen molar-refractivity contribution in [2.45, 2.75) is 27.7 Å². The molecule has 0 aliphatic rings. The van der Waals surface area contributed by atoms with Crippen molar-refractivity contribution in [1.82, 2.24) is 24.6 Å². The zero-order valence-corrected chi connectivity index (χ0v) is 25.6. The number of hydrogen-bond acceptors (Lipinski definition) is 8. The number of hydrogen-bond donors (Lipinski definition) is 4. The average Bonchev–Trinajstić information content (AvgIpc) is 3.38. The number of nitrogens with zero attached hydrogens (tertiary/aromatic N) is 5. The Kier molecular flexibility index (Phi) is 16.0. The molecule has 12 heteroatoms. The van der Waals surface area contributed by atoms with E-state index in [0.29, 0.717) is 33.7 Å². The number of carbonyl (C=O) groups excluding carboxylic acids is 1. The van der Waals surface area contributed by atoms with Gasteiger partial charge in [-0.1, -0.05) is 49.6 Å². The summed E-state index contributed by atoms with van der Waals surface area (Å²) < 4.78 is 13.8. The Morgan fingerprint density at radius 2 is 1.65 bits per heavy atom. The van der Waals surface area contributed by atoms with Crippen molar-refractivity contribution >= 4 is 34.7 Å². The molecule has 0 fully saturated rings. The number of pyridine rings is 2. The second-order valence-electron chi connectivity index (χ2n) is 7.95. The van der Waals surface area contributed by atoms with Gasteiger partial charge in [-0.05, 0) is 49.4 Å². The number of aliphatic hydroxyl groups excluding tert-OH is 2. The number of terminal acetylenes is 1. The lowest BCUT2D eigenvalue weighted by Crippen LogP contribution is -2.07. The van der Waals surface area contributed by atoms with Gasteiger partial charge in [-0.25, -0.2) is 18.9 Å². The molecule has 4 heterocycles. The summed E-state index contributed by atoms with van der Waals surface area (Å²) in [5.74, 6) is 0.0589. The summed E-state index contributed by atoms with van der Waals surface area (Å²) in [5.41, 5.74) is 5.40. The van der Waals surface area contributed by atoms with Gasteiger partial charge in [0.2, 0.25) is 5.91 Å². The summed E-state index contributed by atoms with van der Waals surface area (Å²) in [6.07, 6.45) is 10.4. The molecule has 0 radical (unpaired) electrons. The molecule has 0 aliphatic carbocycles. The van der Waals surface area contributed by atoms with Crippen molar-refractivity contribution < 1.29 is 19.4 Å². The molecule has 5 aromatic rings. The van der Waals surface area contributed by atoms with Crippen LogP contribution in [0.3, 0.4) is 0 Å². The highest BCUT2D eigenvalue weighted by atomic mass is 35.5. The van der Waals surface area contributed by atoms with Gasteiger partial charge in [-0.15, -0.1) is 0 Å². The first-order valence-corrected chi connectivity index (χ1v) is 13.3.